The Bertz CT molecular complexity index is 3820. The smallest absolute Gasteiger partial charge is 0.231 e. The van der Waals surface area contributed by atoms with E-state index in [9.17, 15) is 0 Å². The summed E-state index contributed by atoms with van der Waals surface area (Å²) in [6.07, 6.45) is 4.97. The van der Waals surface area contributed by atoms with E-state index in [0.29, 0.717) is 0 Å². The molecule has 68 heavy (non-hydrogen) atoms. The quantitative estimate of drug-likeness (QED) is 0.164. The first-order chi connectivity index (χ1) is 33.1. The molecule has 0 saturated carbocycles. The predicted molar refractivity (Wildman–Crippen MR) is 291 cm³/mol. The third kappa shape index (κ3) is 5.85. The average Bonchev–Trinajstić information content (AvgIpc) is 4.08. The monoisotopic (exact) mass is 914 g/mol. The SMILES string of the molecule is CC1=CC2N(c3ccc(-c4ccc5c(c4)sc4ccccc45)cc3)c3ccc(-c4ccc5c(c4)sc4ccccc45)cc3B3c4cc5c(cc4N(c4ccc(C(C)(C)C)cc4)C(=C1)C32C)OCO5. The molecule has 4 nitrogen and oxygen atoms in total. The number of ether oxygens (including phenoxy) is 2. The number of nitrogens with zero attached hydrogens (tertiary/aromatic N) is 2. The summed E-state index contributed by atoms with van der Waals surface area (Å²) in [7, 11) is 0. The average molecular weight is 915 g/mol. The van der Waals surface area contributed by atoms with Crippen molar-refractivity contribution in [1.82, 2.24) is 0 Å². The Morgan fingerprint density at radius 2 is 1.10 bits per heavy atom. The van der Waals surface area contributed by atoms with Crippen molar-refractivity contribution < 1.29 is 9.47 Å². The molecule has 0 N–H and O–H groups in total. The van der Waals surface area contributed by atoms with E-state index in [1.54, 1.807) is 0 Å². The van der Waals surface area contributed by atoms with E-state index >= 15 is 0 Å². The highest BCUT2D eigenvalue weighted by Gasteiger charge is 2.60. The molecule has 0 spiro atoms. The van der Waals surface area contributed by atoms with Gasteiger partial charge in [0, 0.05) is 80.2 Å². The van der Waals surface area contributed by atoms with Gasteiger partial charge in [0.2, 0.25) is 13.5 Å². The molecule has 7 heteroatoms. The maximum absolute atomic E-state index is 6.23. The fourth-order valence-corrected chi connectivity index (χ4v) is 14.2. The highest BCUT2D eigenvalue weighted by molar-refractivity contribution is 7.26. The number of anilines is 4. The van der Waals surface area contributed by atoms with Crippen molar-refractivity contribution in [3.63, 3.8) is 0 Å². The highest BCUT2D eigenvalue weighted by Crippen LogP contribution is 2.60. The minimum Gasteiger partial charge on any atom is -0.454 e. The van der Waals surface area contributed by atoms with Crippen LogP contribution in [0.2, 0.25) is 5.31 Å². The molecular weight excluding hydrogens is 868 g/mol. The Hall–Kier alpha value is -7.06. The molecule has 0 bridgehead atoms. The Labute approximate surface area is 405 Å². The van der Waals surface area contributed by atoms with Crippen molar-refractivity contribution in [1.29, 1.82) is 0 Å². The fourth-order valence-electron chi connectivity index (χ4n) is 11.9. The van der Waals surface area contributed by atoms with Crippen LogP contribution in [0.1, 0.15) is 40.2 Å². The van der Waals surface area contributed by atoms with Crippen LogP contribution in [0.25, 0.3) is 62.6 Å². The number of hydrogen-bond acceptors (Lipinski definition) is 6. The minimum atomic E-state index is -0.422. The van der Waals surface area contributed by atoms with Gasteiger partial charge < -0.3 is 19.3 Å². The van der Waals surface area contributed by atoms with Gasteiger partial charge in [0.05, 0.1) is 6.04 Å². The lowest BCUT2D eigenvalue weighted by Crippen LogP contribution is -2.68. The van der Waals surface area contributed by atoms with Crippen LogP contribution in [0, 0.1) is 0 Å². The minimum absolute atomic E-state index is 0.00994. The first-order valence-electron chi connectivity index (χ1n) is 23.7. The Kier molecular flexibility index (Phi) is 8.53. The number of rotatable bonds is 4. The summed E-state index contributed by atoms with van der Waals surface area (Å²) in [6, 6.07) is 61.8. The summed E-state index contributed by atoms with van der Waals surface area (Å²) < 4.78 is 17.7. The van der Waals surface area contributed by atoms with Crippen LogP contribution in [0.5, 0.6) is 11.5 Å². The molecule has 2 aromatic heterocycles. The first-order valence-corrected chi connectivity index (χ1v) is 25.3. The molecule has 3 aliphatic heterocycles. The molecule has 2 unspecified atom stereocenters. The number of allylic oxidation sites excluding steroid dienone is 2. The van der Waals surface area contributed by atoms with Crippen molar-refractivity contribution in [3.05, 3.63) is 193 Å². The van der Waals surface area contributed by atoms with Crippen LogP contribution in [-0.4, -0.2) is 19.5 Å². The number of hydrogen-bond donors (Lipinski definition) is 0. The van der Waals surface area contributed by atoms with E-state index in [0.717, 1.165) is 22.9 Å². The zero-order valence-corrected chi connectivity index (χ0v) is 40.3. The normalized spacial score (nSPS) is 18.2. The van der Waals surface area contributed by atoms with Crippen LogP contribution in [0.15, 0.2) is 187 Å². The van der Waals surface area contributed by atoms with Crippen molar-refractivity contribution in [2.75, 3.05) is 16.6 Å². The van der Waals surface area contributed by atoms with E-state index in [1.807, 2.05) is 22.7 Å². The van der Waals surface area contributed by atoms with Crippen LogP contribution >= 0.6 is 22.7 Å². The van der Waals surface area contributed by atoms with Crippen LogP contribution < -0.4 is 30.2 Å². The molecule has 4 aliphatic rings. The van der Waals surface area contributed by atoms with Crippen LogP contribution in [0.3, 0.4) is 0 Å². The van der Waals surface area contributed by atoms with E-state index in [4.69, 9.17) is 9.47 Å². The Morgan fingerprint density at radius 1 is 0.559 bits per heavy atom. The molecule has 0 saturated heterocycles. The van der Waals surface area contributed by atoms with Gasteiger partial charge in [0.25, 0.3) is 0 Å². The second-order valence-electron chi connectivity index (χ2n) is 20.3. The maximum atomic E-state index is 6.23. The van der Waals surface area contributed by atoms with E-state index < -0.39 is 5.31 Å². The van der Waals surface area contributed by atoms with E-state index in [-0.39, 0.29) is 25.0 Å². The molecule has 1 aliphatic carbocycles. The van der Waals surface area contributed by atoms with Gasteiger partial charge in [-0.25, -0.2) is 0 Å². The zero-order valence-electron chi connectivity index (χ0n) is 38.6. The Balaban J connectivity index is 0.977. The fraction of sp³-hybridized carbons (Fsp3) is 0.148. The lowest BCUT2D eigenvalue weighted by atomic mass is 9.22. The largest absolute Gasteiger partial charge is 0.454 e. The van der Waals surface area contributed by atoms with Crippen LogP contribution in [-0.2, 0) is 5.41 Å². The summed E-state index contributed by atoms with van der Waals surface area (Å²) >= 11 is 3.75. The van der Waals surface area contributed by atoms with Crippen LogP contribution in [0.4, 0.5) is 22.7 Å². The molecule has 0 amide bonds. The number of benzene rings is 8. The summed E-state index contributed by atoms with van der Waals surface area (Å²) in [5.41, 5.74) is 16.0. The van der Waals surface area contributed by atoms with Crippen molar-refractivity contribution >= 4 is 103 Å². The molecule has 8 aromatic carbocycles. The molecular formula is C61H47BN2O2S2. The second kappa shape index (κ2) is 14.5. The molecule has 5 heterocycles. The molecule has 14 rings (SSSR count). The van der Waals surface area contributed by atoms with Gasteiger partial charge in [-0.05, 0) is 118 Å². The summed E-state index contributed by atoms with van der Waals surface area (Å²) in [5.74, 6) is 1.60. The van der Waals surface area contributed by atoms with Gasteiger partial charge in [0.1, 0.15) is 0 Å². The molecule has 0 radical (unpaired) electrons. The van der Waals surface area contributed by atoms with Gasteiger partial charge >= 0.3 is 0 Å². The van der Waals surface area contributed by atoms with Gasteiger partial charge in [-0.3, -0.25) is 0 Å². The van der Waals surface area contributed by atoms with Gasteiger partial charge in [-0.1, -0.05) is 136 Å². The third-order valence-corrected chi connectivity index (χ3v) is 17.6. The van der Waals surface area contributed by atoms with Crippen molar-refractivity contribution in [2.24, 2.45) is 0 Å². The summed E-state index contributed by atoms with van der Waals surface area (Å²) in [5, 5.41) is 4.86. The molecule has 2 atom stereocenters. The highest BCUT2D eigenvalue weighted by atomic mass is 32.1. The first kappa shape index (κ1) is 40.1. The van der Waals surface area contributed by atoms with Gasteiger partial charge in [0.15, 0.2) is 11.5 Å². The summed E-state index contributed by atoms with van der Waals surface area (Å²) in [6.45, 7) is 11.8. The standard InChI is InChI=1S/C61H47BN2O2S2/c1-36-28-58-61(5)59(29-36)64(43-23-19-41(20-24-43)60(2,3)4)51-34-53-52(65-35-66-53)33-49(51)62(61)48-30-38(40-17-26-47-45-11-7-9-13-55(45)68-57(47)32-40)18-27-50(48)63(58)42-21-14-37(15-22-42)39-16-25-46-44-10-6-8-12-54(44)67-56(46)31-39/h6-34,58H,35H2,1-5H3. The lowest BCUT2D eigenvalue weighted by molar-refractivity contribution is 0.174. The lowest BCUT2D eigenvalue weighted by Gasteiger charge is -2.59. The molecule has 10 aromatic rings. The number of fused-ring (bicyclic) bond motifs is 11. The van der Waals surface area contributed by atoms with Gasteiger partial charge in [-0.2, -0.15) is 0 Å². The van der Waals surface area contributed by atoms with Crippen molar-refractivity contribution in [2.45, 2.75) is 51.4 Å². The molecule has 328 valence electrons. The Morgan fingerprint density at radius 3 is 1.76 bits per heavy atom. The zero-order chi connectivity index (χ0) is 45.6. The van der Waals surface area contributed by atoms with E-state index in [2.05, 4.69) is 220 Å². The summed E-state index contributed by atoms with van der Waals surface area (Å²) in [4.78, 5) is 5.17. The molecule has 0 fully saturated rings. The number of thiophene rings is 2. The third-order valence-electron chi connectivity index (χ3n) is 15.3. The maximum Gasteiger partial charge on any atom is 0.231 e. The van der Waals surface area contributed by atoms with Crippen molar-refractivity contribution in [3.8, 4) is 33.8 Å². The van der Waals surface area contributed by atoms with E-state index in [1.165, 1.54) is 102 Å². The predicted octanol–water partition coefficient (Wildman–Crippen LogP) is 15.7. The van der Waals surface area contributed by atoms with Gasteiger partial charge in [-0.15, -0.1) is 22.7 Å². The second-order valence-corrected chi connectivity index (χ2v) is 22.5. The topological polar surface area (TPSA) is 24.9 Å².